The Hall–Kier alpha value is -1.57. The number of hydrogen-bond acceptors (Lipinski definition) is 2. The molecular formula is C15H20N2. The molecule has 0 aliphatic heterocycles. The van der Waals surface area contributed by atoms with Crippen LogP contribution in [-0.2, 0) is 6.42 Å². The van der Waals surface area contributed by atoms with Crippen LogP contribution in [0.4, 0.5) is 0 Å². The monoisotopic (exact) mass is 228 g/mol. The second-order valence-electron chi connectivity index (χ2n) is 4.75. The number of benzene rings is 1. The van der Waals surface area contributed by atoms with Crippen molar-refractivity contribution in [3.8, 4) is 0 Å². The van der Waals surface area contributed by atoms with Crippen LogP contribution in [0.5, 0.6) is 0 Å². The lowest BCUT2D eigenvalue weighted by molar-refractivity contribution is 0.429. The van der Waals surface area contributed by atoms with E-state index < -0.39 is 0 Å². The van der Waals surface area contributed by atoms with Gasteiger partial charge in [0.1, 0.15) is 0 Å². The van der Waals surface area contributed by atoms with Crippen LogP contribution in [0, 0.1) is 5.92 Å². The van der Waals surface area contributed by atoms with Gasteiger partial charge in [-0.25, -0.2) is 0 Å². The molecule has 0 saturated heterocycles. The molecule has 0 saturated carbocycles. The lowest BCUT2D eigenvalue weighted by Crippen LogP contribution is -2.25. The first-order chi connectivity index (χ1) is 8.22. The SMILES string of the molecule is C=CCC1CCc2ccccc2/C1=N/N(C)C. The van der Waals surface area contributed by atoms with E-state index in [2.05, 4.69) is 35.9 Å². The van der Waals surface area contributed by atoms with Gasteiger partial charge in [0.15, 0.2) is 0 Å². The molecule has 1 atom stereocenters. The Bertz CT molecular complexity index is 432. The Morgan fingerprint density at radius 1 is 1.41 bits per heavy atom. The largest absolute Gasteiger partial charge is 0.303 e. The Kier molecular flexibility index (Phi) is 3.62. The van der Waals surface area contributed by atoms with E-state index in [1.807, 2.05) is 25.2 Å². The van der Waals surface area contributed by atoms with Gasteiger partial charge in [-0.1, -0.05) is 30.3 Å². The molecule has 0 fully saturated rings. The highest BCUT2D eigenvalue weighted by atomic mass is 15.4. The highest BCUT2D eigenvalue weighted by Gasteiger charge is 2.24. The quantitative estimate of drug-likeness (QED) is 0.573. The third-order valence-corrected chi connectivity index (χ3v) is 3.20. The number of hydrazone groups is 1. The first kappa shape index (κ1) is 11.9. The van der Waals surface area contributed by atoms with Crippen LogP contribution in [0.15, 0.2) is 42.0 Å². The minimum absolute atomic E-state index is 0.518. The lowest BCUT2D eigenvalue weighted by atomic mass is 9.80. The summed E-state index contributed by atoms with van der Waals surface area (Å²) in [7, 11) is 3.96. The maximum Gasteiger partial charge on any atom is 0.0714 e. The summed E-state index contributed by atoms with van der Waals surface area (Å²) in [5.41, 5.74) is 3.96. The molecule has 2 nitrogen and oxygen atoms in total. The van der Waals surface area contributed by atoms with Crippen molar-refractivity contribution < 1.29 is 0 Å². The van der Waals surface area contributed by atoms with Gasteiger partial charge in [0.25, 0.3) is 0 Å². The smallest absolute Gasteiger partial charge is 0.0714 e. The van der Waals surface area contributed by atoms with Gasteiger partial charge in [0, 0.05) is 25.6 Å². The predicted molar refractivity (Wildman–Crippen MR) is 73.3 cm³/mol. The zero-order chi connectivity index (χ0) is 12.3. The molecule has 1 aliphatic carbocycles. The molecule has 2 heteroatoms. The summed E-state index contributed by atoms with van der Waals surface area (Å²) in [6.45, 7) is 3.86. The molecule has 90 valence electrons. The average Bonchev–Trinajstić information content (AvgIpc) is 2.32. The molecule has 0 spiro atoms. The van der Waals surface area contributed by atoms with Crippen molar-refractivity contribution in [3.05, 3.63) is 48.0 Å². The van der Waals surface area contributed by atoms with Crippen molar-refractivity contribution in [2.24, 2.45) is 11.0 Å². The molecule has 0 amide bonds. The van der Waals surface area contributed by atoms with Crippen molar-refractivity contribution in [2.75, 3.05) is 14.1 Å². The van der Waals surface area contributed by atoms with Crippen LogP contribution < -0.4 is 0 Å². The molecule has 2 rings (SSSR count). The van der Waals surface area contributed by atoms with Gasteiger partial charge in [-0.05, 0) is 24.8 Å². The van der Waals surface area contributed by atoms with E-state index in [0.29, 0.717) is 5.92 Å². The van der Waals surface area contributed by atoms with Crippen molar-refractivity contribution in [2.45, 2.75) is 19.3 Å². The minimum Gasteiger partial charge on any atom is -0.303 e. The molecule has 17 heavy (non-hydrogen) atoms. The van der Waals surface area contributed by atoms with Crippen molar-refractivity contribution in [1.29, 1.82) is 0 Å². The molecule has 1 aromatic rings. The van der Waals surface area contributed by atoms with Gasteiger partial charge in [0.05, 0.1) is 5.71 Å². The highest BCUT2D eigenvalue weighted by Crippen LogP contribution is 2.28. The van der Waals surface area contributed by atoms with E-state index >= 15 is 0 Å². The van der Waals surface area contributed by atoms with E-state index in [0.717, 1.165) is 12.8 Å². The molecule has 0 radical (unpaired) electrons. The molecule has 1 aromatic carbocycles. The molecule has 0 N–H and O–H groups in total. The van der Waals surface area contributed by atoms with Gasteiger partial charge in [-0.3, -0.25) is 0 Å². The van der Waals surface area contributed by atoms with Crippen LogP contribution in [0.3, 0.4) is 0 Å². The summed E-state index contributed by atoms with van der Waals surface area (Å²) in [6.07, 6.45) is 5.35. The first-order valence-corrected chi connectivity index (χ1v) is 6.17. The van der Waals surface area contributed by atoms with Crippen LogP contribution in [0.1, 0.15) is 24.0 Å². The summed E-state index contributed by atoms with van der Waals surface area (Å²) in [5.74, 6) is 0.518. The van der Waals surface area contributed by atoms with Crippen LogP contribution >= 0.6 is 0 Å². The fourth-order valence-electron chi connectivity index (χ4n) is 2.46. The lowest BCUT2D eigenvalue weighted by Gasteiger charge is -2.26. The highest BCUT2D eigenvalue weighted by molar-refractivity contribution is 6.04. The van der Waals surface area contributed by atoms with Gasteiger partial charge >= 0.3 is 0 Å². The van der Waals surface area contributed by atoms with Gasteiger partial charge in [0.2, 0.25) is 0 Å². The summed E-state index contributed by atoms with van der Waals surface area (Å²) in [6, 6.07) is 8.61. The number of fused-ring (bicyclic) bond motifs is 1. The summed E-state index contributed by atoms with van der Waals surface area (Å²) in [5, 5.41) is 6.58. The van der Waals surface area contributed by atoms with Crippen molar-refractivity contribution >= 4 is 5.71 Å². The summed E-state index contributed by atoms with van der Waals surface area (Å²) < 4.78 is 0. The molecule has 1 unspecified atom stereocenters. The number of aryl methyl sites for hydroxylation is 1. The third kappa shape index (κ3) is 2.57. The average molecular weight is 228 g/mol. The fraction of sp³-hybridized carbons (Fsp3) is 0.400. The number of hydrogen-bond donors (Lipinski definition) is 0. The van der Waals surface area contributed by atoms with E-state index in [9.17, 15) is 0 Å². The summed E-state index contributed by atoms with van der Waals surface area (Å²) in [4.78, 5) is 0. The van der Waals surface area contributed by atoms with E-state index in [-0.39, 0.29) is 0 Å². The topological polar surface area (TPSA) is 15.6 Å². The Labute approximate surface area is 104 Å². The molecule has 0 aromatic heterocycles. The standard InChI is InChI=1S/C15H20N2/c1-4-7-13-11-10-12-8-5-6-9-14(12)15(13)16-17(2)3/h4-6,8-9,13H,1,7,10-11H2,2-3H3/b16-15+. The maximum atomic E-state index is 4.68. The second kappa shape index (κ2) is 5.17. The second-order valence-corrected chi connectivity index (χ2v) is 4.75. The van der Waals surface area contributed by atoms with E-state index in [1.165, 1.54) is 23.3 Å². The van der Waals surface area contributed by atoms with E-state index in [4.69, 9.17) is 0 Å². The number of allylic oxidation sites excluding steroid dienone is 1. The van der Waals surface area contributed by atoms with Gasteiger partial charge < -0.3 is 5.01 Å². The van der Waals surface area contributed by atoms with Crippen LogP contribution in [0.2, 0.25) is 0 Å². The van der Waals surface area contributed by atoms with Gasteiger partial charge in [-0.2, -0.15) is 5.10 Å². The Morgan fingerprint density at radius 3 is 2.88 bits per heavy atom. The Morgan fingerprint density at radius 2 is 2.18 bits per heavy atom. The minimum atomic E-state index is 0.518. The van der Waals surface area contributed by atoms with Crippen LogP contribution in [-0.4, -0.2) is 24.8 Å². The van der Waals surface area contributed by atoms with Crippen molar-refractivity contribution in [3.63, 3.8) is 0 Å². The third-order valence-electron chi connectivity index (χ3n) is 3.20. The summed E-state index contributed by atoms with van der Waals surface area (Å²) >= 11 is 0. The van der Waals surface area contributed by atoms with E-state index in [1.54, 1.807) is 0 Å². The zero-order valence-electron chi connectivity index (χ0n) is 10.7. The molecular weight excluding hydrogens is 208 g/mol. The van der Waals surface area contributed by atoms with Gasteiger partial charge in [-0.15, -0.1) is 6.58 Å². The first-order valence-electron chi connectivity index (χ1n) is 6.17. The number of nitrogens with zero attached hydrogens (tertiary/aromatic N) is 2. The maximum absolute atomic E-state index is 4.68. The Balaban J connectivity index is 2.42. The molecule has 0 bridgehead atoms. The molecule has 1 aliphatic rings. The molecule has 0 heterocycles. The van der Waals surface area contributed by atoms with Crippen LogP contribution in [0.25, 0.3) is 0 Å². The predicted octanol–water partition coefficient (Wildman–Crippen LogP) is 3.09. The fourth-order valence-corrected chi connectivity index (χ4v) is 2.46. The number of rotatable bonds is 3. The zero-order valence-corrected chi connectivity index (χ0v) is 10.7. The normalized spacial score (nSPS) is 21.1. The van der Waals surface area contributed by atoms with Crippen molar-refractivity contribution in [1.82, 2.24) is 5.01 Å².